The average Bonchev–Trinajstić information content (AvgIpc) is 2.66. The Morgan fingerprint density at radius 3 is 2.41 bits per heavy atom. The molecule has 1 amide bonds. The van der Waals surface area contributed by atoms with Gasteiger partial charge in [0.25, 0.3) is 0 Å². The molecule has 2 aromatic rings. The number of nitrogens with one attached hydrogen (secondary N) is 1. The summed E-state index contributed by atoms with van der Waals surface area (Å²) in [6.07, 6.45) is -1.83. The van der Waals surface area contributed by atoms with Crippen LogP contribution in [0, 0.1) is 6.92 Å². The summed E-state index contributed by atoms with van der Waals surface area (Å²) < 4.78 is 16.0. The Bertz CT molecular complexity index is 747. The van der Waals surface area contributed by atoms with E-state index in [1.54, 1.807) is 24.3 Å². The van der Waals surface area contributed by atoms with Gasteiger partial charge in [-0.05, 0) is 36.8 Å². The first-order valence-corrected chi connectivity index (χ1v) is 8.53. The van der Waals surface area contributed by atoms with Crippen molar-refractivity contribution in [3.63, 3.8) is 0 Å². The number of phenolic OH excluding ortho intramolecular Hbond substituents is 1. The molecule has 7 heteroatoms. The third-order valence-electron chi connectivity index (χ3n) is 4.12. The second kappa shape index (κ2) is 9.80. The second-order valence-electron chi connectivity index (χ2n) is 6.03. The first kappa shape index (κ1) is 20.5. The van der Waals surface area contributed by atoms with Crippen molar-refractivity contribution in [2.75, 3.05) is 26.1 Å². The lowest BCUT2D eigenvalue weighted by Crippen LogP contribution is -2.28. The van der Waals surface area contributed by atoms with E-state index in [2.05, 4.69) is 5.32 Å². The number of aliphatic hydroxyl groups excluding tert-OH is 1. The molecule has 0 aliphatic heterocycles. The normalized spacial score (nSPS) is 12.9. The topological polar surface area (TPSA) is 97.3 Å². The maximum atomic E-state index is 12.4. The maximum Gasteiger partial charge on any atom is 0.412 e. The largest absolute Gasteiger partial charge is 0.504 e. The summed E-state index contributed by atoms with van der Waals surface area (Å²) in [5.74, 6) is 0.221. The van der Waals surface area contributed by atoms with Crippen molar-refractivity contribution >= 4 is 11.8 Å². The number of hydrogen-bond acceptors (Lipinski definition) is 6. The Kier molecular flexibility index (Phi) is 7.45. The van der Waals surface area contributed by atoms with Crippen LogP contribution in [0.2, 0.25) is 0 Å². The van der Waals surface area contributed by atoms with E-state index in [1.165, 1.54) is 20.3 Å². The molecular formula is C20H25NO6. The van der Waals surface area contributed by atoms with Crippen LogP contribution < -0.4 is 10.1 Å². The lowest BCUT2D eigenvalue weighted by atomic mass is 10.0. The summed E-state index contributed by atoms with van der Waals surface area (Å²) in [6, 6.07) is 12.0. The smallest absolute Gasteiger partial charge is 0.412 e. The zero-order valence-corrected chi connectivity index (χ0v) is 15.6. The van der Waals surface area contributed by atoms with Crippen LogP contribution in [-0.4, -0.2) is 43.2 Å². The summed E-state index contributed by atoms with van der Waals surface area (Å²) in [7, 11) is 2.92. The third-order valence-corrected chi connectivity index (χ3v) is 4.12. The quantitative estimate of drug-likeness (QED) is 0.654. The number of methoxy groups -OCH3 is 2. The van der Waals surface area contributed by atoms with E-state index in [9.17, 15) is 15.0 Å². The highest BCUT2D eigenvalue weighted by Gasteiger charge is 2.28. The van der Waals surface area contributed by atoms with Gasteiger partial charge in [0.05, 0.1) is 7.11 Å². The highest BCUT2D eigenvalue weighted by atomic mass is 16.6. The van der Waals surface area contributed by atoms with Crippen LogP contribution in [0.4, 0.5) is 10.5 Å². The van der Waals surface area contributed by atoms with Gasteiger partial charge in [0, 0.05) is 25.8 Å². The van der Waals surface area contributed by atoms with Crippen molar-refractivity contribution in [2.24, 2.45) is 0 Å². The molecule has 3 N–H and O–H groups in total. The predicted molar refractivity (Wildman–Crippen MR) is 101 cm³/mol. The van der Waals surface area contributed by atoms with E-state index in [1.807, 2.05) is 19.1 Å². The fourth-order valence-corrected chi connectivity index (χ4v) is 2.66. The minimum atomic E-state index is -0.829. The molecule has 2 aromatic carbocycles. The lowest BCUT2D eigenvalue weighted by Gasteiger charge is -2.26. The van der Waals surface area contributed by atoms with E-state index in [0.29, 0.717) is 17.0 Å². The Labute approximate surface area is 158 Å². The number of benzene rings is 2. The van der Waals surface area contributed by atoms with Crippen molar-refractivity contribution in [2.45, 2.75) is 25.6 Å². The molecule has 0 fully saturated rings. The number of ether oxygens (including phenoxy) is 3. The van der Waals surface area contributed by atoms with Crippen molar-refractivity contribution in [1.29, 1.82) is 0 Å². The van der Waals surface area contributed by atoms with Crippen molar-refractivity contribution in [1.82, 2.24) is 0 Å². The van der Waals surface area contributed by atoms with Gasteiger partial charge in [0.1, 0.15) is 6.10 Å². The second-order valence-corrected chi connectivity index (χ2v) is 6.03. The molecule has 0 aliphatic carbocycles. The molecule has 27 heavy (non-hydrogen) atoms. The number of hydrogen-bond donors (Lipinski definition) is 3. The molecule has 0 heterocycles. The van der Waals surface area contributed by atoms with Crippen LogP contribution in [0.3, 0.4) is 0 Å². The molecule has 0 bridgehead atoms. The average molecular weight is 375 g/mol. The van der Waals surface area contributed by atoms with Crippen LogP contribution in [0.25, 0.3) is 0 Å². The van der Waals surface area contributed by atoms with Gasteiger partial charge < -0.3 is 24.4 Å². The van der Waals surface area contributed by atoms with Crippen molar-refractivity contribution < 1.29 is 29.2 Å². The van der Waals surface area contributed by atoms with Crippen LogP contribution in [0.15, 0.2) is 42.5 Å². The maximum absolute atomic E-state index is 12.4. The number of carbonyl (C=O) groups is 1. The van der Waals surface area contributed by atoms with Gasteiger partial charge in [-0.3, -0.25) is 5.32 Å². The summed E-state index contributed by atoms with van der Waals surface area (Å²) in [4.78, 5) is 12.4. The summed E-state index contributed by atoms with van der Waals surface area (Å²) >= 11 is 0. The van der Waals surface area contributed by atoms with Crippen LogP contribution in [0.5, 0.6) is 11.5 Å². The van der Waals surface area contributed by atoms with Crippen LogP contribution >= 0.6 is 0 Å². The van der Waals surface area contributed by atoms with Gasteiger partial charge in [-0.25, -0.2) is 4.79 Å². The van der Waals surface area contributed by atoms with Gasteiger partial charge in [-0.1, -0.05) is 23.8 Å². The van der Waals surface area contributed by atoms with E-state index >= 15 is 0 Å². The van der Waals surface area contributed by atoms with Gasteiger partial charge in [0.15, 0.2) is 17.6 Å². The highest BCUT2D eigenvalue weighted by Crippen LogP contribution is 2.33. The number of aryl methyl sites for hydroxylation is 1. The molecule has 0 radical (unpaired) electrons. The molecule has 2 rings (SSSR count). The van der Waals surface area contributed by atoms with Crippen molar-refractivity contribution in [3.8, 4) is 11.5 Å². The molecular weight excluding hydrogens is 350 g/mol. The number of aliphatic hydroxyl groups is 1. The number of aromatic hydroxyl groups is 1. The SMILES string of the molecule is COc1ccc([C@@H](OC(=O)Nc2ccc(C)cc2)[C@@H](CCO)OC)cc1O. The van der Waals surface area contributed by atoms with Crippen molar-refractivity contribution in [3.05, 3.63) is 53.6 Å². The number of amides is 1. The van der Waals surface area contributed by atoms with Crippen LogP contribution in [0.1, 0.15) is 23.7 Å². The molecule has 0 saturated carbocycles. The highest BCUT2D eigenvalue weighted by molar-refractivity contribution is 5.84. The molecule has 2 atom stereocenters. The monoisotopic (exact) mass is 375 g/mol. The zero-order valence-electron chi connectivity index (χ0n) is 15.6. The fourth-order valence-electron chi connectivity index (χ4n) is 2.66. The van der Waals surface area contributed by atoms with E-state index in [4.69, 9.17) is 14.2 Å². The molecule has 0 saturated heterocycles. The molecule has 7 nitrogen and oxygen atoms in total. The van der Waals surface area contributed by atoms with Gasteiger partial charge in [-0.15, -0.1) is 0 Å². The van der Waals surface area contributed by atoms with Gasteiger partial charge in [-0.2, -0.15) is 0 Å². The van der Waals surface area contributed by atoms with Gasteiger partial charge in [0.2, 0.25) is 0 Å². The Morgan fingerprint density at radius 1 is 1.15 bits per heavy atom. The number of carbonyl (C=O) groups excluding carboxylic acids is 1. The Hall–Kier alpha value is -2.77. The van der Waals surface area contributed by atoms with E-state index in [-0.39, 0.29) is 18.8 Å². The predicted octanol–water partition coefficient (Wildman–Crippen LogP) is 3.40. The standard InChI is InChI=1S/C20H25NO6/c1-13-4-7-15(8-5-13)21-20(24)27-19(18(26-3)10-11-22)14-6-9-17(25-2)16(23)12-14/h4-9,12,18-19,22-23H,10-11H2,1-3H3,(H,21,24)/t18-,19-/m1/s1. The number of phenols is 1. The lowest BCUT2D eigenvalue weighted by molar-refractivity contribution is -0.0306. The number of anilines is 1. The summed E-state index contributed by atoms with van der Waals surface area (Å²) in [5, 5.41) is 22.0. The van der Waals surface area contributed by atoms with Crippen LogP contribution in [-0.2, 0) is 9.47 Å². The summed E-state index contributed by atoms with van der Waals surface area (Å²) in [5.41, 5.74) is 2.19. The Morgan fingerprint density at radius 2 is 1.85 bits per heavy atom. The molecule has 0 aliphatic rings. The molecule has 0 aromatic heterocycles. The van der Waals surface area contributed by atoms with E-state index in [0.717, 1.165) is 5.56 Å². The van der Waals surface area contributed by atoms with Gasteiger partial charge >= 0.3 is 6.09 Å². The molecule has 0 unspecified atom stereocenters. The molecule has 0 spiro atoms. The summed E-state index contributed by atoms with van der Waals surface area (Å²) in [6.45, 7) is 1.81. The third kappa shape index (κ3) is 5.60. The first-order valence-electron chi connectivity index (χ1n) is 8.53. The first-order chi connectivity index (χ1) is 13.0. The zero-order chi connectivity index (χ0) is 19.8. The van der Waals surface area contributed by atoms with E-state index < -0.39 is 18.3 Å². The fraction of sp³-hybridized carbons (Fsp3) is 0.350. The minimum Gasteiger partial charge on any atom is -0.504 e. The minimum absolute atomic E-state index is 0.0820. The Balaban J connectivity index is 2.22. The number of rotatable bonds is 8. The molecule has 146 valence electrons.